The van der Waals surface area contributed by atoms with Gasteiger partial charge in [-0.3, -0.25) is 0 Å². The standard InChI is InChI=1S/C9H8BrN3O/c10-5-7-3-4-13(12-7)9-2-1-8(14)6-11-9/h1-4,6,14H,5H2. The van der Waals surface area contributed by atoms with Gasteiger partial charge in [0.2, 0.25) is 0 Å². The molecule has 0 aliphatic rings. The van der Waals surface area contributed by atoms with Crippen molar-refractivity contribution >= 4 is 15.9 Å². The Morgan fingerprint density at radius 3 is 2.79 bits per heavy atom. The lowest BCUT2D eigenvalue weighted by molar-refractivity contribution is 0.472. The summed E-state index contributed by atoms with van der Waals surface area (Å²) >= 11 is 3.32. The summed E-state index contributed by atoms with van der Waals surface area (Å²) < 4.78 is 1.66. The van der Waals surface area contributed by atoms with Crippen LogP contribution in [-0.2, 0) is 5.33 Å². The van der Waals surface area contributed by atoms with Crippen LogP contribution in [0.25, 0.3) is 5.82 Å². The highest BCUT2D eigenvalue weighted by molar-refractivity contribution is 9.08. The number of pyridine rings is 1. The van der Waals surface area contributed by atoms with Gasteiger partial charge in [0.15, 0.2) is 5.82 Å². The zero-order chi connectivity index (χ0) is 9.97. The van der Waals surface area contributed by atoms with E-state index < -0.39 is 0 Å². The summed E-state index contributed by atoms with van der Waals surface area (Å²) in [6, 6.07) is 5.20. The van der Waals surface area contributed by atoms with Gasteiger partial charge in [0.1, 0.15) is 5.75 Å². The Kier molecular flexibility index (Phi) is 2.49. The minimum absolute atomic E-state index is 0.154. The fourth-order valence-electron chi connectivity index (χ4n) is 1.07. The molecule has 2 heterocycles. The Morgan fingerprint density at radius 2 is 2.21 bits per heavy atom. The monoisotopic (exact) mass is 253 g/mol. The van der Waals surface area contributed by atoms with Crippen molar-refractivity contribution in [3.63, 3.8) is 0 Å². The molecule has 72 valence electrons. The zero-order valence-corrected chi connectivity index (χ0v) is 8.85. The van der Waals surface area contributed by atoms with E-state index in [1.165, 1.54) is 6.20 Å². The lowest BCUT2D eigenvalue weighted by atomic mass is 10.4. The van der Waals surface area contributed by atoms with E-state index >= 15 is 0 Å². The van der Waals surface area contributed by atoms with E-state index in [0.717, 1.165) is 11.0 Å². The van der Waals surface area contributed by atoms with Gasteiger partial charge >= 0.3 is 0 Å². The van der Waals surface area contributed by atoms with E-state index in [9.17, 15) is 0 Å². The van der Waals surface area contributed by atoms with Crippen LogP contribution in [0.1, 0.15) is 5.69 Å². The van der Waals surface area contributed by atoms with Gasteiger partial charge in [-0.2, -0.15) is 5.10 Å². The highest BCUT2D eigenvalue weighted by Gasteiger charge is 2.00. The smallest absolute Gasteiger partial charge is 0.153 e. The van der Waals surface area contributed by atoms with E-state index in [1.807, 2.05) is 12.3 Å². The summed E-state index contributed by atoms with van der Waals surface area (Å²) in [5.41, 5.74) is 0.944. The first-order chi connectivity index (χ1) is 6.79. The summed E-state index contributed by atoms with van der Waals surface area (Å²) in [5.74, 6) is 0.844. The second kappa shape index (κ2) is 3.79. The fourth-order valence-corrected chi connectivity index (χ4v) is 1.37. The van der Waals surface area contributed by atoms with E-state index in [0.29, 0.717) is 5.82 Å². The van der Waals surface area contributed by atoms with Crippen molar-refractivity contribution < 1.29 is 5.11 Å². The average molecular weight is 254 g/mol. The summed E-state index contributed by atoms with van der Waals surface area (Å²) in [6.45, 7) is 0. The molecular formula is C9H8BrN3O. The molecule has 0 aliphatic carbocycles. The molecule has 0 fully saturated rings. The maximum absolute atomic E-state index is 9.06. The Morgan fingerprint density at radius 1 is 1.36 bits per heavy atom. The van der Waals surface area contributed by atoms with Crippen LogP contribution in [0, 0.1) is 0 Å². The second-order valence-electron chi connectivity index (χ2n) is 2.76. The molecule has 0 aliphatic heterocycles. The third kappa shape index (κ3) is 1.77. The first-order valence-corrected chi connectivity index (χ1v) is 5.17. The quantitative estimate of drug-likeness (QED) is 0.832. The summed E-state index contributed by atoms with van der Waals surface area (Å²) in [6.07, 6.45) is 3.22. The van der Waals surface area contributed by atoms with Crippen molar-refractivity contribution in [3.8, 4) is 11.6 Å². The maximum Gasteiger partial charge on any atom is 0.153 e. The zero-order valence-electron chi connectivity index (χ0n) is 7.26. The number of aromatic nitrogens is 3. The molecular weight excluding hydrogens is 246 g/mol. The Bertz CT molecular complexity index is 424. The number of hydrogen-bond acceptors (Lipinski definition) is 3. The van der Waals surface area contributed by atoms with Gasteiger partial charge < -0.3 is 5.11 Å². The lowest BCUT2D eigenvalue weighted by Gasteiger charge is -1.99. The van der Waals surface area contributed by atoms with Gasteiger partial charge in [0.05, 0.1) is 11.9 Å². The molecule has 0 amide bonds. The van der Waals surface area contributed by atoms with E-state index in [-0.39, 0.29) is 5.75 Å². The molecule has 5 heteroatoms. The Hall–Kier alpha value is -1.36. The minimum atomic E-state index is 0.154. The number of aromatic hydroxyl groups is 1. The number of halogens is 1. The summed E-state index contributed by atoms with van der Waals surface area (Å²) in [5, 5.41) is 14.0. The predicted molar refractivity (Wildman–Crippen MR) is 55.7 cm³/mol. The largest absolute Gasteiger partial charge is 0.506 e. The Balaban J connectivity index is 2.34. The third-order valence-corrected chi connectivity index (χ3v) is 2.32. The van der Waals surface area contributed by atoms with Gasteiger partial charge in [-0.15, -0.1) is 0 Å². The highest BCUT2D eigenvalue weighted by atomic mass is 79.9. The molecule has 0 radical (unpaired) electrons. The molecule has 0 saturated heterocycles. The minimum Gasteiger partial charge on any atom is -0.506 e. The summed E-state index contributed by atoms with van der Waals surface area (Å²) in [4.78, 5) is 4.03. The van der Waals surface area contributed by atoms with Crippen molar-refractivity contribution in [1.82, 2.24) is 14.8 Å². The molecule has 0 unspecified atom stereocenters. The van der Waals surface area contributed by atoms with Crippen molar-refractivity contribution in [2.24, 2.45) is 0 Å². The van der Waals surface area contributed by atoms with Crippen LogP contribution in [0.15, 0.2) is 30.6 Å². The molecule has 0 spiro atoms. The molecule has 0 aromatic carbocycles. The van der Waals surface area contributed by atoms with Crippen LogP contribution in [0.4, 0.5) is 0 Å². The van der Waals surface area contributed by atoms with Crippen LogP contribution in [0.2, 0.25) is 0 Å². The number of nitrogens with zero attached hydrogens (tertiary/aromatic N) is 3. The van der Waals surface area contributed by atoms with Crippen molar-refractivity contribution in [3.05, 3.63) is 36.3 Å². The molecule has 0 atom stereocenters. The second-order valence-corrected chi connectivity index (χ2v) is 3.32. The number of alkyl halides is 1. The third-order valence-electron chi connectivity index (χ3n) is 1.75. The Labute approximate surface area is 89.3 Å². The highest BCUT2D eigenvalue weighted by Crippen LogP contribution is 2.10. The van der Waals surface area contributed by atoms with Crippen LogP contribution in [0.3, 0.4) is 0 Å². The van der Waals surface area contributed by atoms with Crippen molar-refractivity contribution in [2.45, 2.75) is 5.33 Å². The first kappa shape index (κ1) is 9.21. The SMILES string of the molecule is Oc1ccc(-n2ccc(CBr)n2)nc1. The molecule has 14 heavy (non-hydrogen) atoms. The molecule has 2 aromatic heterocycles. The van der Waals surface area contributed by atoms with Gasteiger partial charge in [-0.05, 0) is 18.2 Å². The molecule has 0 saturated carbocycles. The average Bonchev–Trinajstić information content (AvgIpc) is 2.67. The first-order valence-electron chi connectivity index (χ1n) is 4.05. The molecule has 2 aromatic rings. The molecule has 2 rings (SSSR count). The fraction of sp³-hybridized carbons (Fsp3) is 0.111. The van der Waals surface area contributed by atoms with Gasteiger partial charge in [0, 0.05) is 11.5 Å². The number of rotatable bonds is 2. The van der Waals surface area contributed by atoms with Gasteiger partial charge in [-0.25, -0.2) is 9.67 Å². The van der Waals surface area contributed by atoms with E-state index in [4.69, 9.17) is 5.11 Å². The van der Waals surface area contributed by atoms with E-state index in [1.54, 1.807) is 16.8 Å². The number of hydrogen-bond donors (Lipinski definition) is 1. The molecule has 1 N–H and O–H groups in total. The van der Waals surface area contributed by atoms with E-state index in [2.05, 4.69) is 26.0 Å². The molecule has 0 bridgehead atoms. The van der Waals surface area contributed by atoms with Crippen LogP contribution in [-0.4, -0.2) is 19.9 Å². The van der Waals surface area contributed by atoms with Gasteiger partial charge in [-0.1, -0.05) is 15.9 Å². The van der Waals surface area contributed by atoms with Crippen molar-refractivity contribution in [2.75, 3.05) is 0 Å². The normalized spacial score (nSPS) is 10.4. The van der Waals surface area contributed by atoms with Crippen LogP contribution < -0.4 is 0 Å². The van der Waals surface area contributed by atoms with Crippen LogP contribution in [0.5, 0.6) is 5.75 Å². The predicted octanol–water partition coefficient (Wildman–Crippen LogP) is 1.87. The van der Waals surface area contributed by atoms with Gasteiger partial charge in [0.25, 0.3) is 0 Å². The van der Waals surface area contributed by atoms with Crippen LogP contribution >= 0.6 is 15.9 Å². The van der Waals surface area contributed by atoms with Crippen molar-refractivity contribution in [1.29, 1.82) is 0 Å². The topological polar surface area (TPSA) is 50.9 Å². The lowest BCUT2D eigenvalue weighted by Crippen LogP contribution is -1.97. The summed E-state index contributed by atoms with van der Waals surface area (Å²) in [7, 11) is 0. The molecule has 4 nitrogen and oxygen atoms in total. The maximum atomic E-state index is 9.06.